The summed E-state index contributed by atoms with van der Waals surface area (Å²) < 4.78 is 19.3. The van der Waals surface area contributed by atoms with Crippen molar-refractivity contribution in [2.24, 2.45) is 0 Å². The van der Waals surface area contributed by atoms with Crippen molar-refractivity contribution in [2.75, 3.05) is 31.2 Å². The van der Waals surface area contributed by atoms with Gasteiger partial charge in [-0.25, -0.2) is 14.4 Å². The van der Waals surface area contributed by atoms with Crippen molar-refractivity contribution in [3.8, 4) is 0 Å². The van der Waals surface area contributed by atoms with Gasteiger partial charge in [-0.1, -0.05) is 19.1 Å². The number of carbonyl (C=O) groups is 2. The molecule has 0 fully saturated rings. The third-order valence-electron chi connectivity index (χ3n) is 6.18. The van der Waals surface area contributed by atoms with Crippen LogP contribution in [0.25, 0.3) is 0 Å². The van der Waals surface area contributed by atoms with E-state index in [0.29, 0.717) is 50.6 Å². The first-order valence-electron chi connectivity index (χ1n) is 10.9. The number of carbonyl (C=O) groups excluding carboxylic acids is 2. The number of ether oxygens (including phenoxy) is 1. The molecular weight excluding hydrogens is 413 g/mol. The monoisotopic (exact) mass is 441 g/mol. The lowest BCUT2D eigenvalue weighted by atomic mass is 9.80. The molecule has 2 aliphatic rings. The summed E-state index contributed by atoms with van der Waals surface area (Å²) in [6.07, 6.45) is 3.36. The molecule has 170 valence electrons. The highest BCUT2D eigenvalue weighted by molar-refractivity contribution is 5.95. The van der Waals surface area contributed by atoms with E-state index in [4.69, 9.17) is 4.74 Å². The molecule has 1 atom stereocenters. The van der Waals surface area contributed by atoms with Gasteiger partial charge in [-0.2, -0.15) is 0 Å². The molecule has 4 rings (SSSR count). The molecule has 0 bridgehead atoms. The molecule has 3 heterocycles. The number of pyridine rings is 1. The van der Waals surface area contributed by atoms with E-state index in [-0.39, 0.29) is 23.8 Å². The van der Waals surface area contributed by atoms with Gasteiger partial charge >= 0.3 is 0 Å². The van der Waals surface area contributed by atoms with E-state index in [0.717, 1.165) is 22.4 Å². The standard InChI is InChI=1S/C24H28FN3O4/c1-16(29)4-3-11-32-15-24(2)14-27(13-17-5-7-18(25)8-6-17)20-12-26-22-19(21(20)24)9-10-28(31)23(22)30/h5-8,12,31H,3-4,9-11,13-15H2,1-2H3. The molecule has 2 aliphatic heterocycles. The molecule has 0 aliphatic carbocycles. The highest BCUT2D eigenvalue weighted by Crippen LogP contribution is 2.45. The van der Waals surface area contributed by atoms with Gasteiger partial charge in [0, 0.05) is 31.5 Å². The highest BCUT2D eigenvalue weighted by atomic mass is 19.1. The van der Waals surface area contributed by atoms with Gasteiger partial charge in [0.1, 0.15) is 17.3 Å². The summed E-state index contributed by atoms with van der Waals surface area (Å²) in [5, 5.41) is 10.6. The van der Waals surface area contributed by atoms with Gasteiger partial charge < -0.3 is 14.4 Å². The molecule has 2 aromatic rings. The molecule has 1 amide bonds. The lowest BCUT2D eigenvalue weighted by Gasteiger charge is -2.30. The zero-order valence-corrected chi connectivity index (χ0v) is 18.4. The van der Waals surface area contributed by atoms with E-state index in [1.807, 2.05) is 0 Å². The quantitative estimate of drug-likeness (QED) is 0.500. The zero-order chi connectivity index (χ0) is 22.9. The van der Waals surface area contributed by atoms with Gasteiger partial charge in [0.2, 0.25) is 0 Å². The number of amides is 1. The lowest BCUT2D eigenvalue weighted by Crippen LogP contribution is -2.39. The van der Waals surface area contributed by atoms with E-state index >= 15 is 0 Å². The van der Waals surface area contributed by atoms with Crippen LogP contribution >= 0.6 is 0 Å². The summed E-state index contributed by atoms with van der Waals surface area (Å²) in [6.45, 7) is 6.05. The second-order valence-corrected chi connectivity index (χ2v) is 8.93. The number of aromatic nitrogens is 1. The van der Waals surface area contributed by atoms with Crippen LogP contribution in [0.4, 0.5) is 10.1 Å². The SMILES string of the molecule is CC(=O)CCCOCC1(C)CN(Cc2ccc(F)cc2)c2cnc3c(c21)CCN(O)C3=O. The fourth-order valence-electron chi connectivity index (χ4n) is 4.70. The van der Waals surface area contributed by atoms with Crippen LogP contribution in [0.5, 0.6) is 0 Å². The average molecular weight is 442 g/mol. The maximum atomic E-state index is 13.4. The summed E-state index contributed by atoms with van der Waals surface area (Å²) in [6, 6.07) is 6.43. The first kappa shape index (κ1) is 22.4. The Morgan fingerprint density at radius 1 is 1.31 bits per heavy atom. The number of benzene rings is 1. The van der Waals surface area contributed by atoms with Crippen LogP contribution in [0, 0.1) is 5.82 Å². The van der Waals surface area contributed by atoms with E-state index in [1.165, 1.54) is 12.1 Å². The first-order chi connectivity index (χ1) is 15.3. The number of rotatable bonds is 8. The van der Waals surface area contributed by atoms with Crippen molar-refractivity contribution >= 4 is 17.4 Å². The van der Waals surface area contributed by atoms with Crippen molar-refractivity contribution in [2.45, 2.75) is 45.1 Å². The number of hydroxylamine groups is 2. The van der Waals surface area contributed by atoms with E-state index in [1.54, 1.807) is 25.3 Å². The third-order valence-corrected chi connectivity index (χ3v) is 6.18. The minimum Gasteiger partial charge on any atom is -0.380 e. The van der Waals surface area contributed by atoms with Gasteiger partial charge in [0.05, 0.1) is 25.0 Å². The zero-order valence-electron chi connectivity index (χ0n) is 18.4. The normalized spacial score (nSPS) is 19.8. The number of halogens is 1. The van der Waals surface area contributed by atoms with Crippen molar-refractivity contribution in [3.63, 3.8) is 0 Å². The Labute approximate surface area is 186 Å². The topological polar surface area (TPSA) is 83.0 Å². The van der Waals surface area contributed by atoms with Crippen molar-refractivity contribution < 1.29 is 23.9 Å². The summed E-state index contributed by atoms with van der Waals surface area (Å²) in [5.74, 6) is -0.623. The Bertz CT molecular complexity index is 1030. The minimum absolute atomic E-state index is 0.142. The maximum absolute atomic E-state index is 13.4. The largest absolute Gasteiger partial charge is 0.380 e. The molecule has 1 aromatic heterocycles. The maximum Gasteiger partial charge on any atom is 0.296 e. The van der Waals surface area contributed by atoms with Crippen molar-refractivity contribution in [1.82, 2.24) is 10.0 Å². The third kappa shape index (κ3) is 4.38. The van der Waals surface area contributed by atoms with E-state index in [9.17, 15) is 19.2 Å². The predicted octanol–water partition coefficient (Wildman–Crippen LogP) is 3.27. The van der Waals surface area contributed by atoms with Crippen molar-refractivity contribution in [1.29, 1.82) is 0 Å². The van der Waals surface area contributed by atoms with Crippen LogP contribution in [0.15, 0.2) is 30.5 Å². The summed E-state index contributed by atoms with van der Waals surface area (Å²) in [5.41, 5.74) is 3.67. The number of anilines is 1. The number of Topliss-reactive ketones (excluding diaryl/α,β-unsaturated/α-hetero) is 1. The summed E-state index contributed by atoms with van der Waals surface area (Å²) >= 11 is 0. The van der Waals surface area contributed by atoms with E-state index < -0.39 is 11.3 Å². The minimum atomic E-state index is -0.490. The van der Waals surface area contributed by atoms with Crippen LogP contribution in [0.3, 0.4) is 0 Å². The first-order valence-corrected chi connectivity index (χ1v) is 10.9. The van der Waals surface area contributed by atoms with Gasteiger partial charge in [-0.3, -0.25) is 10.0 Å². The molecule has 1 unspecified atom stereocenters. The summed E-state index contributed by atoms with van der Waals surface area (Å²) in [4.78, 5) is 30.3. The van der Waals surface area contributed by atoms with E-state index in [2.05, 4.69) is 16.8 Å². The molecule has 7 nitrogen and oxygen atoms in total. The van der Waals surface area contributed by atoms with Crippen LogP contribution in [0.2, 0.25) is 0 Å². The summed E-state index contributed by atoms with van der Waals surface area (Å²) in [7, 11) is 0. The van der Waals surface area contributed by atoms with Crippen LogP contribution in [-0.2, 0) is 27.9 Å². The molecule has 1 aromatic carbocycles. The molecule has 0 spiro atoms. The fourth-order valence-corrected chi connectivity index (χ4v) is 4.70. The molecule has 0 saturated heterocycles. The Hall–Kier alpha value is -2.84. The molecule has 0 radical (unpaired) electrons. The van der Waals surface area contributed by atoms with Gasteiger partial charge in [-0.15, -0.1) is 0 Å². The van der Waals surface area contributed by atoms with Crippen molar-refractivity contribution in [3.05, 3.63) is 58.7 Å². The molecule has 0 saturated carbocycles. The number of hydrogen-bond donors (Lipinski definition) is 1. The Morgan fingerprint density at radius 3 is 2.78 bits per heavy atom. The van der Waals surface area contributed by atoms with Gasteiger partial charge in [0.25, 0.3) is 5.91 Å². The van der Waals surface area contributed by atoms with Crippen LogP contribution in [0.1, 0.15) is 53.9 Å². The Kier molecular flexibility index (Phi) is 6.26. The number of ketones is 1. The highest BCUT2D eigenvalue weighted by Gasteiger charge is 2.44. The predicted molar refractivity (Wildman–Crippen MR) is 116 cm³/mol. The Balaban J connectivity index is 1.64. The van der Waals surface area contributed by atoms with Gasteiger partial charge in [-0.05, 0) is 48.6 Å². The smallest absolute Gasteiger partial charge is 0.296 e. The fraction of sp³-hybridized carbons (Fsp3) is 0.458. The molecular formula is C24H28FN3O4. The number of hydrogen-bond acceptors (Lipinski definition) is 6. The Morgan fingerprint density at radius 2 is 2.06 bits per heavy atom. The van der Waals surface area contributed by atoms with Crippen LogP contribution < -0.4 is 4.90 Å². The molecule has 8 heteroatoms. The van der Waals surface area contributed by atoms with Gasteiger partial charge in [0.15, 0.2) is 0 Å². The molecule has 1 N–H and O–H groups in total. The number of fused-ring (bicyclic) bond motifs is 3. The number of nitrogens with zero attached hydrogens (tertiary/aromatic N) is 3. The lowest BCUT2D eigenvalue weighted by molar-refractivity contribution is -0.117. The average Bonchev–Trinajstić information content (AvgIpc) is 3.04. The second kappa shape index (κ2) is 8.96. The second-order valence-electron chi connectivity index (χ2n) is 8.93. The van der Waals surface area contributed by atoms with Crippen LogP contribution in [-0.4, -0.2) is 53.2 Å². The molecule has 32 heavy (non-hydrogen) atoms.